The lowest BCUT2D eigenvalue weighted by molar-refractivity contribution is -0.118. The van der Waals surface area contributed by atoms with Gasteiger partial charge in [0.05, 0.1) is 5.71 Å². The summed E-state index contributed by atoms with van der Waals surface area (Å²) in [5, 5.41) is 11.2. The van der Waals surface area contributed by atoms with Gasteiger partial charge in [-0.1, -0.05) is 41.4 Å². The number of carbonyl (C=O) groups excluding carboxylic acids is 1. The van der Waals surface area contributed by atoms with Crippen molar-refractivity contribution < 1.29 is 9.90 Å². The molecule has 0 heterocycles. The molecule has 0 fully saturated rings. The molecule has 2 aromatic carbocycles. The SMILES string of the molecule is CC(CCC(N)=O)N=C(c1cc(Cl)ccc1O)c1ccccc1Cl. The molecule has 0 radical (unpaired) electrons. The molecule has 0 aliphatic heterocycles. The Morgan fingerprint density at radius 3 is 2.58 bits per heavy atom. The van der Waals surface area contributed by atoms with Crippen molar-refractivity contribution >= 4 is 34.8 Å². The summed E-state index contributed by atoms with van der Waals surface area (Å²) in [5.74, 6) is -0.317. The molecule has 0 saturated carbocycles. The van der Waals surface area contributed by atoms with E-state index in [1.807, 2.05) is 25.1 Å². The van der Waals surface area contributed by atoms with Gasteiger partial charge in [-0.2, -0.15) is 0 Å². The van der Waals surface area contributed by atoms with Gasteiger partial charge >= 0.3 is 0 Å². The average molecular weight is 365 g/mol. The van der Waals surface area contributed by atoms with E-state index in [0.29, 0.717) is 33.3 Å². The van der Waals surface area contributed by atoms with Crippen LogP contribution >= 0.6 is 23.2 Å². The number of nitrogens with two attached hydrogens (primary N) is 1. The zero-order valence-corrected chi connectivity index (χ0v) is 14.7. The first-order valence-electron chi connectivity index (χ1n) is 7.48. The third-order valence-electron chi connectivity index (χ3n) is 3.50. The molecule has 2 rings (SSSR count). The first-order chi connectivity index (χ1) is 11.4. The molecule has 0 bridgehead atoms. The fraction of sp³-hybridized carbons (Fsp3) is 0.222. The highest BCUT2D eigenvalue weighted by molar-refractivity contribution is 6.36. The van der Waals surface area contributed by atoms with Crippen LogP contribution in [0, 0.1) is 0 Å². The average Bonchev–Trinajstić information content (AvgIpc) is 2.54. The summed E-state index contributed by atoms with van der Waals surface area (Å²) in [6.07, 6.45) is 0.743. The first kappa shape index (κ1) is 18.3. The minimum Gasteiger partial charge on any atom is -0.507 e. The molecule has 126 valence electrons. The van der Waals surface area contributed by atoms with Crippen LogP contribution in [0.1, 0.15) is 30.9 Å². The zero-order chi connectivity index (χ0) is 17.7. The van der Waals surface area contributed by atoms with Gasteiger partial charge in [-0.15, -0.1) is 0 Å². The normalized spacial score (nSPS) is 12.9. The second kappa shape index (κ2) is 8.18. The molecule has 0 spiro atoms. The lowest BCUT2D eigenvalue weighted by atomic mass is 10.0. The monoisotopic (exact) mass is 364 g/mol. The minimum absolute atomic E-state index is 0.0557. The number of hydrogen-bond donors (Lipinski definition) is 2. The van der Waals surface area contributed by atoms with Gasteiger partial charge in [0.2, 0.25) is 5.91 Å². The third-order valence-corrected chi connectivity index (χ3v) is 4.07. The van der Waals surface area contributed by atoms with E-state index in [9.17, 15) is 9.90 Å². The van der Waals surface area contributed by atoms with Gasteiger partial charge in [0, 0.05) is 33.6 Å². The Kier molecular flexibility index (Phi) is 6.23. The number of carbonyl (C=O) groups is 1. The van der Waals surface area contributed by atoms with Crippen molar-refractivity contribution in [1.82, 2.24) is 0 Å². The van der Waals surface area contributed by atoms with E-state index in [4.69, 9.17) is 28.9 Å². The summed E-state index contributed by atoms with van der Waals surface area (Å²) >= 11 is 12.4. The standard InChI is InChI=1S/C18H18Cl2N2O2/c1-11(6-9-17(21)24)22-18(13-4-2-3-5-15(13)20)14-10-12(19)7-8-16(14)23/h2-5,7-8,10-11,23H,6,9H2,1H3,(H2,21,24). The summed E-state index contributed by atoms with van der Waals surface area (Å²) in [7, 11) is 0. The molecule has 1 atom stereocenters. The Hall–Kier alpha value is -2.04. The highest BCUT2D eigenvalue weighted by Crippen LogP contribution is 2.28. The van der Waals surface area contributed by atoms with E-state index in [1.54, 1.807) is 18.2 Å². The van der Waals surface area contributed by atoms with Gasteiger partial charge in [0.25, 0.3) is 0 Å². The summed E-state index contributed by atoms with van der Waals surface area (Å²) < 4.78 is 0. The van der Waals surface area contributed by atoms with E-state index in [-0.39, 0.29) is 24.1 Å². The van der Waals surface area contributed by atoms with Crippen LogP contribution in [0.3, 0.4) is 0 Å². The Morgan fingerprint density at radius 1 is 1.21 bits per heavy atom. The molecule has 0 aliphatic carbocycles. The Bertz CT molecular complexity index is 775. The van der Waals surface area contributed by atoms with Crippen molar-refractivity contribution in [1.29, 1.82) is 0 Å². The van der Waals surface area contributed by atoms with Crippen molar-refractivity contribution in [3.63, 3.8) is 0 Å². The van der Waals surface area contributed by atoms with E-state index >= 15 is 0 Å². The van der Waals surface area contributed by atoms with E-state index in [0.717, 1.165) is 0 Å². The lowest BCUT2D eigenvalue weighted by Gasteiger charge is -2.14. The van der Waals surface area contributed by atoms with Crippen molar-refractivity contribution in [3.05, 3.63) is 63.6 Å². The van der Waals surface area contributed by atoms with Crippen molar-refractivity contribution in [2.24, 2.45) is 10.7 Å². The molecule has 24 heavy (non-hydrogen) atoms. The molecule has 6 heteroatoms. The smallest absolute Gasteiger partial charge is 0.217 e. The van der Waals surface area contributed by atoms with E-state index in [1.165, 1.54) is 6.07 Å². The number of rotatable bonds is 6. The number of aromatic hydroxyl groups is 1. The number of phenolic OH excluding ortho intramolecular Hbond substituents is 1. The van der Waals surface area contributed by atoms with Crippen LogP contribution in [0.15, 0.2) is 47.5 Å². The molecule has 1 unspecified atom stereocenters. The Balaban J connectivity index is 2.52. The van der Waals surface area contributed by atoms with Crippen LogP contribution in [0.2, 0.25) is 10.0 Å². The maximum Gasteiger partial charge on any atom is 0.217 e. The summed E-state index contributed by atoms with van der Waals surface area (Å²) in [6, 6.07) is 11.8. The van der Waals surface area contributed by atoms with Gasteiger partial charge in [-0.25, -0.2) is 0 Å². The molecule has 3 N–H and O–H groups in total. The summed E-state index contributed by atoms with van der Waals surface area (Å²) in [6.45, 7) is 1.88. The number of phenols is 1. The number of hydrogen-bond acceptors (Lipinski definition) is 3. The van der Waals surface area contributed by atoms with Gasteiger partial charge in [-0.05, 0) is 37.6 Å². The third kappa shape index (κ3) is 4.73. The molecule has 0 aromatic heterocycles. The van der Waals surface area contributed by atoms with E-state index in [2.05, 4.69) is 4.99 Å². The number of aliphatic imine (C=N–C) groups is 1. The molecular formula is C18H18Cl2N2O2. The first-order valence-corrected chi connectivity index (χ1v) is 8.24. The number of amides is 1. The zero-order valence-electron chi connectivity index (χ0n) is 13.2. The Morgan fingerprint density at radius 2 is 1.92 bits per heavy atom. The van der Waals surface area contributed by atoms with Crippen molar-refractivity contribution in [2.75, 3.05) is 0 Å². The maximum atomic E-state index is 11.0. The minimum atomic E-state index is -0.373. The van der Waals surface area contributed by atoms with Crippen LogP contribution in [0.4, 0.5) is 0 Å². The predicted octanol–water partition coefficient (Wildman–Crippen LogP) is 4.19. The highest BCUT2D eigenvalue weighted by atomic mass is 35.5. The lowest BCUT2D eigenvalue weighted by Crippen LogP contribution is -2.15. The van der Waals surface area contributed by atoms with Crippen LogP contribution in [0.5, 0.6) is 5.75 Å². The predicted molar refractivity (Wildman–Crippen MR) is 98.1 cm³/mol. The quantitative estimate of drug-likeness (QED) is 0.753. The van der Waals surface area contributed by atoms with Gasteiger partial charge in [0.1, 0.15) is 5.75 Å². The Labute approximate surface area is 150 Å². The number of nitrogens with zero attached hydrogens (tertiary/aromatic N) is 1. The second-order valence-electron chi connectivity index (χ2n) is 5.47. The molecule has 0 saturated heterocycles. The van der Waals surface area contributed by atoms with E-state index < -0.39 is 0 Å². The molecule has 1 amide bonds. The van der Waals surface area contributed by atoms with Gasteiger partial charge in [0.15, 0.2) is 0 Å². The maximum absolute atomic E-state index is 11.0. The van der Waals surface area contributed by atoms with Gasteiger partial charge in [-0.3, -0.25) is 9.79 Å². The molecule has 4 nitrogen and oxygen atoms in total. The van der Waals surface area contributed by atoms with Crippen molar-refractivity contribution in [3.8, 4) is 5.75 Å². The molecule has 0 aliphatic rings. The number of primary amides is 1. The summed E-state index contributed by atoms with van der Waals surface area (Å²) in [4.78, 5) is 15.6. The fourth-order valence-corrected chi connectivity index (χ4v) is 2.67. The summed E-state index contributed by atoms with van der Waals surface area (Å²) in [5.41, 5.74) is 6.89. The topological polar surface area (TPSA) is 75.7 Å². The van der Waals surface area contributed by atoms with Crippen LogP contribution in [0.25, 0.3) is 0 Å². The number of benzene rings is 2. The largest absolute Gasteiger partial charge is 0.507 e. The molecular weight excluding hydrogens is 347 g/mol. The van der Waals surface area contributed by atoms with Crippen LogP contribution < -0.4 is 5.73 Å². The molecule has 2 aromatic rings. The van der Waals surface area contributed by atoms with Crippen LogP contribution in [-0.2, 0) is 4.79 Å². The second-order valence-corrected chi connectivity index (χ2v) is 6.32. The van der Waals surface area contributed by atoms with Crippen LogP contribution in [-0.4, -0.2) is 22.8 Å². The highest BCUT2D eigenvalue weighted by Gasteiger charge is 2.16. The van der Waals surface area contributed by atoms with Gasteiger partial charge < -0.3 is 10.8 Å². The fourth-order valence-electron chi connectivity index (χ4n) is 2.27. The van der Waals surface area contributed by atoms with Crippen molar-refractivity contribution in [2.45, 2.75) is 25.8 Å². The number of halogens is 2.